The lowest BCUT2D eigenvalue weighted by molar-refractivity contribution is 0.293. The summed E-state index contributed by atoms with van der Waals surface area (Å²) >= 11 is 0. The second-order valence-electron chi connectivity index (χ2n) is 6.32. The van der Waals surface area contributed by atoms with Crippen LogP contribution >= 0.6 is 0 Å². The molecule has 1 aromatic carbocycles. The smallest absolute Gasteiger partial charge is 0.242 e. The quantitative estimate of drug-likeness (QED) is 0.738. The SMILES string of the molecule is Cc1nnc2n1C1C=C(c3ncco3)N(Cc3ccccc3)C1C=C2. The zero-order valence-corrected chi connectivity index (χ0v) is 13.8. The second kappa shape index (κ2) is 5.44. The Bertz CT molecular complexity index is 955. The summed E-state index contributed by atoms with van der Waals surface area (Å²) in [6, 6.07) is 10.8. The molecule has 2 aliphatic heterocycles. The molecule has 0 radical (unpaired) electrons. The normalized spacial score (nSPS) is 21.2. The number of benzene rings is 1. The highest BCUT2D eigenvalue weighted by Crippen LogP contribution is 2.40. The molecule has 2 aliphatic rings. The summed E-state index contributed by atoms with van der Waals surface area (Å²) in [5.74, 6) is 2.45. The average Bonchev–Trinajstić information content (AvgIpc) is 3.35. The minimum absolute atomic E-state index is 0.139. The van der Waals surface area contributed by atoms with E-state index in [9.17, 15) is 0 Å². The van der Waals surface area contributed by atoms with Gasteiger partial charge in [-0.05, 0) is 24.6 Å². The standard InChI is InChI=1S/C19H17N5O/c1-13-21-22-18-8-7-15-16(24(13)18)11-17(19-20-9-10-25-19)23(15)12-14-5-3-2-4-6-14/h2-11,15-16H,12H2,1H3. The number of oxazole rings is 1. The van der Waals surface area contributed by atoms with Crippen LogP contribution < -0.4 is 0 Å². The van der Waals surface area contributed by atoms with Crippen molar-refractivity contribution in [2.24, 2.45) is 0 Å². The second-order valence-corrected chi connectivity index (χ2v) is 6.32. The van der Waals surface area contributed by atoms with Gasteiger partial charge < -0.3 is 13.9 Å². The van der Waals surface area contributed by atoms with Gasteiger partial charge in [0.15, 0.2) is 5.82 Å². The van der Waals surface area contributed by atoms with Crippen molar-refractivity contribution in [3.8, 4) is 0 Å². The van der Waals surface area contributed by atoms with Crippen LogP contribution in [0.15, 0.2) is 59.4 Å². The van der Waals surface area contributed by atoms with E-state index in [1.165, 1.54) is 5.56 Å². The Hall–Kier alpha value is -3.15. The van der Waals surface area contributed by atoms with Crippen molar-refractivity contribution in [3.05, 3.63) is 78.0 Å². The lowest BCUT2D eigenvalue weighted by atomic mass is 10.1. The summed E-state index contributed by atoms with van der Waals surface area (Å²) in [6.07, 6.45) is 9.76. The van der Waals surface area contributed by atoms with Gasteiger partial charge >= 0.3 is 0 Å². The molecule has 3 aromatic rings. The first-order valence-corrected chi connectivity index (χ1v) is 8.33. The fourth-order valence-electron chi connectivity index (χ4n) is 3.71. The molecule has 2 atom stereocenters. The van der Waals surface area contributed by atoms with Crippen molar-refractivity contribution in [1.29, 1.82) is 0 Å². The first-order valence-electron chi connectivity index (χ1n) is 8.33. The zero-order valence-electron chi connectivity index (χ0n) is 13.8. The van der Waals surface area contributed by atoms with E-state index >= 15 is 0 Å². The number of nitrogens with zero attached hydrogens (tertiary/aromatic N) is 5. The fourth-order valence-corrected chi connectivity index (χ4v) is 3.71. The molecule has 0 N–H and O–H groups in total. The highest BCUT2D eigenvalue weighted by Gasteiger charge is 2.39. The number of aryl methyl sites for hydroxylation is 1. The Kier molecular flexibility index (Phi) is 3.09. The molecular formula is C19H17N5O. The van der Waals surface area contributed by atoms with Gasteiger partial charge in [-0.3, -0.25) is 0 Å². The van der Waals surface area contributed by atoms with Gasteiger partial charge in [-0.15, -0.1) is 10.2 Å². The molecule has 25 heavy (non-hydrogen) atoms. The van der Waals surface area contributed by atoms with Crippen molar-refractivity contribution >= 4 is 11.8 Å². The Labute approximate surface area is 145 Å². The summed E-state index contributed by atoms with van der Waals surface area (Å²) in [5.41, 5.74) is 2.26. The van der Waals surface area contributed by atoms with Crippen LogP contribution in [0.1, 0.15) is 29.1 Å². The van der Waals surface area contributed by atoms with E-state index in [4.69, 9.17) is 4.42 Å². The van der Waals surface area contributed by atoms with Gasteiger partial charge in [0.2, 0.25) is 5.89 Å². The molecule has 0 spiro atoms. The maximum absolute atomic E-state index is 5.61. The molecule has 0 aliphatic carbocycles. The molecular weight excluding hydrogens is 314 g/mol. The molecule has 2 unspecified atom stereocenters. The maximum atomic E-state index is 5.61. The van der Waals surface area contributed by atoms with Crippen LogP contribution in [-0.4, -0.2) is 30.7 Å². The third-order valence-corrected chi connectivity index (χ3v) is 4.83. The first kappa shape index (κ1) is 14.2. The lowest BCUT2D eigenvalue weighted by Crippen LogP contribution is -2.35. The van der Waals surface area contributed by atoms with Gasteiger partial charge in [-0.25, -0.2) is 4.98 Å². The average molecular weight is 331 g/mol. The Morgan fingerprint density at radius 2 is 2.00 bits per heavy atom. The number of fused-ring (bicyclic) bond motifs is 3. The minimum atomic E-state index is 0.139. The predicted octanol–water partition coefficient (Wildman–Crippen LogP) is 3.07. The molecule has 0 fully saturated rings. The summed E-state index contributed by atoms with van der Waals surface area (Å²) in [4.78, 5) is 6.71. The molecule has 4 heterocycles. The van der Waals surface area contributed by atoms with Crippen molar-refractivity contribution in [2.75, 3.05) is 0 Å². The molecule has 0 saturated heterocycles. The molecule has 5 rings (SSSR count). The Morgan fingerprint density at radius 1 is 1.12 bits per heavy atom. The number of aromatic nitrogens is 4. The Morgan fingerprint density at radius 3 is 2.80 bits per heavy atom. The monoisotopic (exact) mass is 331 g/mol. The lowest BCUT2D eigenvalue weighted by Gasteiger charge is -2.32. The highest BCUT2D eigenvalue weighted by molar-refractivity contribution is 5.64. The summed E-state index contributed by atoms with van der Waals surface area (Å²) in [6.45, 7) is 2.78. The number of hydrogen-bond donors (Lipinski definition) is 0. The molecule has 6 nitrogen and oxygen atoms in total. The predicted molar refractivity (Wildman–Crippen MR) is 93.1 cm³/mol. The molecule has 0 saturated carbocycles. The van der Waals surface area contributed by atoms with Crippen LogP contribution in [0.4, 0.5) is 0 Å². The highest BCUT2D eigenvalue weighted by atomic mass is 16.3. The van der Waals surface area contributed by atoms with Crippen LogP contribution in [0, 0.1) is 6.92 Å². The number of hydrogen-bond acceptors (Lipinski definition) is 5. The zero-order chi connectivity index (χ0) is 16.8. The summed E-state index contributed by atoms with van der Waals surface area (Å²) in [7, 11) is 0. The van der Waals surface area contributed by atoms with E-state index in [-0.39, 0.29) is 12.1 Å². The van der Waals surface area contributed by atoms with Crippen LogP contribution in [0.2, 0.25) is 0 Å². The van der Waals surface area contributed by atoms with Gasteiger partial charge in [0.05, 0.1) is 24.0 Å². The van der Waals surface area contributed by atoms with Crippen molar-refractivity contribution in [1.82, 2.24) is 24.6 Å². The largest absolute Gasteiger partial charge is 0.443 e. The van der Waals surface area contributed by atoms with Crippen molar-refractivity contribution < 1.29 is 4.42 Å². The topological polar surface area (TPSA) is 60.0 Å². The van der Waals surface area contributed by atoms with Crippen LogP contribution in [0.3, 0.4) is 0 Å². The van der Waals surface area contributed by atoms with E-state index in [2.05, 4.69) is 61.1 Å². The van der Waals surface area contributed by atoms with Gasteiger partial charge in [0.25, 0.3) is 0 Å². The summed E-state index contributed by atoms with van der Waals surface area (Å²) in [5, 5.41) is 8.48. The molecule has 2 aromatic heterocycles. The van der Waals surface area contributed by atoms with Gasteiger partial charge in [-0.2, -0.15) is 0 Å². The van der Waals surface area contributed by atoms with Crippen LogP contribution in [0.5, 0.6) is 0 Å². The van der Waals surface area contributed by atoms with E-state index in [0.29, 0.717) is 5.89 Å². The van der Waals surface area contributed by atoms with E-state index < -0.39 is 0 Å². The van der Waals surface area contributed by atoms with Gasteiger partial charge in [-0.1, -0.05) is 36.4 Å². The van der Waals surface area contributed by atoms with E-state index in [1.54, 1.807) is 12.5 Å². The van der Waals surface area contributed by atoms with E-state index in [0.717, 1.165) is 23.9 Å². The van der Waals surface area contributed by atoms with Crippen LogP contribution in [-0.2, 0) is 6.54 Å². The van der Waals surface area contributed by atoms with E-state index in [1.807, 2.05) is 19.1 Å². The maximum Gasteiger partial charge on any atom is 0.242 e. The van der Waals surface area contributed by atoms with Crippen molar-refractivity contribution in [2.45, 2.75) is 25.6 Å². The Balaban J connectivity index is 1.60. The van der Waals surface area contributed by atoms with Gasteiger partial charge in [0.1, 0.15) is 12.1 Å². The fraction of sp³-hybridized carbons (Fsp3) is 0.211. The molecule has 6 heteroatoms. The number of rotatable bonds is 3. The molecule has 0 bridgehead atoms. The summed E-state index contributed by atoms with van der Waals surface area (Å²) < 4.78 is 7.78. The first-order chi connectivity index (χ1) is 12.3. The molecule has 0 amide bonds. The third kappa shape index (κ3) is 2.21. The minimum Gasteiger partial charge on any atom is -0.443 e. The van der Waals surface area contributed by atoms with Crippen molar-refractivity contribution in [3.63, 3.8) is 0 Å². The molecule has 124 valence electrons. The van der Waals surface area contributed by atoms with Gasteiger partial charge in [0, 0.05) is 6.54 Å². The third-order valence-electron chi connectivity index (χ3n) is 4.83. The van der Waals surface area contributed by atoms with Crippen LogP contribution in [0.25, 0.3) is 11.8 Å².